The maximum Gasteiger partial charge on any atom is 0.0123 e. The highest BCUT2D eigenvalue weighted by Gasteiger charge is 2.32. The van der Waals surface area contributed by atoms with Gasteiger partial charge in [0.05, 0.1) is 0 Å². The normalized spacial score (nSPS) is 33.4. The van der Waals surface area contributed by atoms with Crippen LogP contribution in [0, 0.1) is 5.92 Å². The number of rotatable bonds is 4. The van der Waals surface area contributed by atoms with Crippen molar-refractivity contribution in [2.45, 2.75) is 64.0 Å². The third-order valence-electron chi connectivity index (χ3n) is 4.70. The Labute approximate surface area is 101 Å². The second-order valence-electron chi connectivity index (χ2n) is 5.77. The second-order valence-corrected chi connectivity index (χ2v) is 5.77. The van der Waals surface area contributed by atoms with Crippen LogP contribution < -0.4 is 5.32 Å². The Balaban J connectivity index is 1.82. The molecule has 94 valence electrons. The third kappa shape index (κ3) is 2.98. The van der Waals surface area contributed by atoms with Gasteiger partial charge in [-0.15, -0.1) is 0 Å². The number of likely N-dealkylation sites (tertiary alicyclic amines) is 1. The standard InChI is InChI=1S/C14H28N2/c1-12(15-2)9-11-16-10-5-7-13-6-3-4-8-14(13)16/h12-15H,3-11H2,1-2H3/t12?,13-,14-/m1/s1. The van der Waals surface area contributed by atoms with Crippen molar-refractivity contribution >= 4 is 0 Å². The first kappa shape index (κ1) is 12.4. The molecule has 16 heavy (non-hydrogen) atoms. The molecule has 2 rings (SSSR count). The van der Waals surface area contributed by atoms with Crippen molar-refractivity contribution in [2.75, 3.05) is 20.1 Å². The van der Waals surface area contributed by atoms with Gasteiger partial charge in [0.2, 0.25) is 0 Å². The van der Waals surface area contributed by atoms with Gasteiger partial charge in [0, 0.05) is 12.1 Å². The lowest BCUT2D eigenvalue weighted by atomic mass is 9.78. The molecule has 1 N–H and O–H groups in total. The van der Waals surface area contributed by atoms with E-state index in [1.54, 1.807) is 0 Å². The molecule has 1 unspecified atom stereocenters. The van der Waals surface area contributed by atoms with Crippen LogP contribution in [0.15, 0.2) is 0 Å². The van der Waals surface area contributed by atoms with Gasteiger partial charge in [-0.2, -0.15) is 0 Å². The van der Waals surface area contributed by atoms with Crippen molar-refractivity contribution in [3.05, 3.63) is 0 Å². The van der Waals surface area contributed by atoms with E-state index < -0.39 is 0 Å². The van der Waals surface area contributed by atoms with Crippen molar-refractivity contribution in [3.63, 3.8) is 0 Å². The predicted molar refractivity (Wildman–Crippen MR) is 69.7 cm³/mol. The minimum Gasteiger partial charge on any atom is -0.317 e. The number of hydrogen-bond donors (Lipinski definition) is 1. The highest BCUT2D eigenvalue weighted by molar-refractivity contribution is 4.87. The summed E-state index contributed by atoms with van der Waals surface area (Å²) in [6, 6.07) is 1.61. The summed E-state index contributed by atoms with van der Waals surface area (Å²) in [5.74, 6) is 1.03. The lowest BCUT2D eigenvalue weighted by Gasteiger charge is -2.44. The Morgan fingerprint density at radius 2 is 1.94 bits per heavy atom. The zero-order valence-corrected chi connectivity index (χ0v) is 11.0. The summed E-state index contributed by atoms with van der Waals surface area (Å²) in [7, 11) is 2.07. The van der Waals surface area contributed by atoms with E-state index in [1.807, 2.05) is 0 Å². The monoisotopic (exact) mass is 224 g/mol. The van der Waals surface area contributed by atoms with Gasteiger partial charge in [-0.3, -0.25) is 0 Å². The van der Waals surface area contributed by atoms with Gasteiger partial charge < -0.3 is 10.2 Å². The van der Waals surface area contributed by atoms with E-state index in [9.17, 15) is 0 Å². The Morgan fingerprint density at radius 3 is 2.75 bits per heavy atom. The molecule has 0 aromatic heterocycles. The summed E-state index contributed by atoms with van der Waals surface area (Å²) < 4.78 is 0. The van der Waals surface area contributed by atoms with Crippen molar-refractivity contribution < 1.29 is 0 Å². The smallest absolute Gasteiger partial charge is 0.0123 e. The molecule has 2 aliphatic rings. The third-order valence-corrected chi connectivity index (χ3v) is 4.70. The van der Waals surface area contributed by atoms with Crippen LogP contribution in [0.5, 0.6) is 0 Å². The van der Waals surface area contributed by atoms with Gasteiger partial charge in [-0.05, 0) is 65.1 Å². The fraction of sp³-hybridized carbons (Fsp3) is 1.00. The van der Waals surface area contributed by atoms with E-state index in [0.29, 0.717) is 6.04 Å². The van der Waals surface area contributed by atoms with Crippen LogP contribution >= 0.6 is 0 Å². The first-order chi connectivity index (χ1) is 7.81. The molecule has 0 spiro atoms. The van der Waals surface area contributed by atoms with Gasteiger partial charge in [0.15, 0.2) is 0 Å². The highest BCUT2D eigenvalue weighted by Crippen LogP contribution is 2.35. The number of piperidine rings is 1. The molecule has 1 saturated heterocycles. The summed E-state index contributed by atoms with van der Waals surface area (Å²) >= 11 is 0. The molecule has 0 bridgehead atoms. The molecule has 1 aliphatic heterocycles. The first-order valence-corrected chi connectivity index (χ1v) is 7.22. The number of nitrogens with one attached hydrogen (secondary N) is 1. The number of hydrogen-bond acceptors (Lipinski definition) is 2. The fourth-order valence-electron chi connectivity index (χ4n) is 3.51. The van der Waals surface area contributed by atoms with Crippen LogP contribution in [0.2, 0.25) is 0 Å². The van der Waals surface area contributed by atoms with Gasteiger partial charge in [-0.1, -0.05) is 12.8 Å². The molecule has 1 aliphatic carbocycles. The molecule has 1 saturated carbocycles. The lowest BCUT2D eigenvalue weighted by molar-refractivity contribution is 0.0583. The largest absolute Gasteiger partial charge is 0.317 e. The van der Waals surface area contributed by atoms with Crippen molar-refractivity contribution in [1.29, 1.82) is 0 Å². The topological polar surface area (TPSA) is 15.3 Å². The Morgan fingerprint density at radius 1 is 1.19 bits per heavy atom. The molecule has 2 heteroatoms. The lowest BCUT2D eigenvalue weighted by Crippen LogP contribution is -2.47. The van der Waals surface area contributed by atoms with Gasteiger partial charge in [0.25, 0.3) is 0 Å². The van der Waals surface area contributed by atoms with Crippen LogP contribution in [-0.4, -0.2) is 37.1 Å². The van der Waals surface area contributed by atoms with Gasteiger partial charge in [0.1, 0.15) is 0 Å². The van der Waals surface area contributed by atoms with Crippen LogP contribution in [0.3, 0.4) is 0 Å². The molecule has 0 amide bonds. The van der Waals surface area contributed by atoms with Crippen LogP contribution in [-0.2, 0) is 0 Å². The zero-order chi connectivity index (χ0) is 11.4. The van der Waals surface area contributed by atoms with E-state index in [4.69, 9.17) is 0 Å². The average molecular weight is 224 g/mol. The Hall–Kier alpha value is -0.0800. The van der Waals surface area contributed by atoms with Crippen LogP contribution in [0.1, 0.15) is 51.9 Å². The quantitative estimate of drug-likeness (QED) is 0.790. The summed E-state index contributed by atoms with van der Waals surface area (Å²) in [5, 5.41) is 3.35. The predicted octanol–water partition coefficient (Wildman–Crippen LogP) is 2.64. The van der Waals surface area contributed by atoms with Crippen molar-refractivity contribution in [3.8, 4) is 0 Å². The van der Waals surface area contributed by atoms with Crippen LogP contribution in [0.25, 0.3) is 0 Å². The molecule has 1 heterocycles. The average Bonchev–Trinajstić information content (AvgIpc) is 2.35. The minimum absolute atomic E-state index is 0.670. The Bertz CT molecular complexity index is 203. The summed E-state index contributed by atoms with van der Waals surface area (Å²) in [4.78, 5) is 2.79. The molecule has 0 aromatic carbocycles. The molecular formula is C14H28N2. The van der Waals surface area contributed by atoms with E-state index in [-0.39, 0.29) is 0 Å². The zero-order valence-electron chi connectivity index (χ0n) is 11.0. The summed E-state index contributed by atoms with van der Waals surface area (Å²) in [6.45, 7) is 4.96. The maximum atomic E-state index is 3.35. The molecule has 2 nitrogen and oxygen atoms in total. The molecular weight excluding hydrogens is 196 g/mol. The van der Waals surface area contributed by atoms with Crippen molar-refractivity contribution in [1.82, 2.24) is 10.2 Å². The van der Waals surface area contributed by atoms with Gasteiger partial charge >= 0.3 is 0 Å². The van der Waals surface area contributed by atoms with Gasteiger partial charge in [-0.25, -0.2) is 0 Å². The molecule has 0 aromatic rings. The van der Waals surface area contributed by atoms with E-state index >= 15 is 0 Å². The fourth-order valence-corrected chi connectivity index (χ4v) is 3.51. The minimum atomic E-state index is 0.670. The van der Waals surface area contributed by atoms with E-state index in [0.717, 1.165) is 12.0 Å². The first-order valence-electron chi connectivity index (χ1n) is 7.22. The maximum absolute atomic E-state index is 3.35. The van der Waals surface area contributed by atoms with E-state index in [1.165, 1.54) is 58.0 Å². The number of fused-ring (bicyclic) bond motifs is 1. The molecule has 2 fully saturated rings. The highest BCUT2D eigenvalue weighted by atomic mass is 15.2. The van der Waals surface area contributed by atoms with E-state index in [2.05, 4.69) is 24.2 Å². The second kappa shape index (κ2) is 6.02. The van der Waals surface area contributed by atoms with Crippen LogP contribution in [0.4, 0.5) is 0 Å². The molecule has 3 atom stereocenters. The molecule has 0 radical (unpaired) electrons. The summed E-state index contributed by atoms with van der Waals surface area (Å²) in [6.07, 6.45) is 10.2. The number of nitrogens with zero attached hydrogens (tertiary/aromatic N) is 1. The Kier molecular flexibility index (Phi) is 4.66. The van der Waals surface area contributed by atoms with Crippen molar-refractivity contribution in [2.24, 2.45) is 5.92 Å². The SMILES string of the molecule is CNC(C)CCN1CCC[C@H]2CCCC[C@H]21. The summed E-state index contributed by atoms with van der Waals surface area (Å²) in [5.41, 5.74) is 0.